The maximum absolute atomic E-state index is 13.5. The number of rotatable bonds is 13. The number of carboxylic acids is 1. The average molecular weight is 738 g/mol. The molecule has 0 radical (unpaired) electrons. The zero-order chi connectivity index (χ0) is 34.7. The van der Waals surface area contributed by atoms with Gasteiger partial charge in [-0.05, 0) is 114 Å². The van der Waals surface area contributed by atoms with Gasteiger partial charge in [-0.15, -0.1) is 0 Å². The third-order valence-electron chi connectivity index (χ3n) is 7.79. The van der Waals surface area contributed by atoms with Crippen LogP contribution in [0.3, 0.4) is 0 Å². The first-order valence-electron chi connectivity index (χ1n) is 15.4. The largest absolute Gasteiger partial charge is 0.497 e. The molecule has 1 amide bonds. The van der Waals surface area contributed by atoms with Crippen molar-refractivity contribution in [3.05, 3.63) is 93.7 Å². The average Bonchev–Trinajstić information content (AvgIpc) is 3.93. The Morgan fingerprint density at radius 1 is 1.02 bits per heavy atom. The molecule has 0 bridgehead atoms. The van der Waals surface area contributed by atoms with E-state index in [1.54, 1.807) is 13.2 Å². The third-order valence-corrected chi connectivity index (χ3v) is 8.45. The van der Waals surface area contributed by atoms with Crippen LogP contribution in [0.15, 0.2) is 76.8 Å². The van der Waals surface area contributed by atoms with Crippen LogP contribution in [0.1, 0.15) is 36.8 Å². The number of nitrogens with one attached hydrogen (secondary N) is 2. The van der Waals surface area contributed by atoms with E-state index in [0.717, 1.165) is 71.3 Å². The molecule has 1 saturated carbocycles. The zero-order valence-electron chi connectivity index (χ0n) is 26.2. The van der Waals surface area contributed by atoms with Crippen molar-refractivity contribution in [1.82, 2.24) is 10.6 Å². The van der Waals surface area contributed by atoms with Gasteiger partial charge in [-0.1, -0.05) is 24.3 Å². The Balaban J connectivity index is 0.000000671. The van der Waals surface area contributed by atoms with E-state index in [0.29, 0.717) is 31.4 Å². The number of ether oxygens (including phenoxy) is 3. The summed E-state index contributed by atoms with van der Waals surface area (Å²) in [6, 6.07) is 20.4. The standard InChI is InChI=1S/C33H36BrFN2O4.C2HF3O2/c1-39-26-11-13-27(14-12-26)41-21-31(24-8-9-24)37-33(38)29-20-36-17-16-28(29)23-6-4-22(5-7-23)3-2-18-40-32-19-25(35)10-15-30(32)34;3-2(4,5)1(6)7/h4-7,10-15,19,24,31,36H,2-3,8-9,16-18,20-21H2,1H3,(H,37,38);(H,6,7). The van der Waals surface area contributed by atoms with Gasteiger partial charge in [0.05, 0.1) is 24.2 Å². The maximum atomic E-state index is 13.5. The number of methoxy groups -OCH3 is 1. The highest BCUT2D eigenvalue weighted by Gasteiger charge is 2.38. The van der Waals surface area contributed by atoms with Crippen LogP contribution in [0, 0.1) is 11.7 Å². The van der Waals surface area contributed by atoms with E-state index in [2.05, 4.69) is 50.8 Å². The van der Waals surface area contributed by atoms with Gasteiger partial charge in [0.2, 0.25) is 5.91 Å². The van der Waals surface area contributed by atoms with Gasteiger partial charge in [-0.3, -0.25) is 4.79 Å². The fourth-order valence-electron chi connectivity index (χ4n) is 5.05. The predicted octanol–water partition coefficient (Wildman–Crippen LogP) is 6.96. The first kappa shape index (κ1) is 36.7. The number of carbonyl (C=O) groups excluding carboxylic acids is 1. The summed E-state index contributed by atoms with van der Waals surface area (Å²) >= 11 is 3.39. The van der Waals surface area contributed by atoms with Crippen LogP contribution < -0.4 is 24.8 Å². The third kappa shape index (κ3) is 11.3. The molecule has 5 rings (SSSR count). The number of aryl methyl sites for hydroxylation is 1. The zero-order valence-corrected chi connectivity index (χ0v) is 27.8. The van der Waals surface area contributed by atoms with E-state index < -0.39 is 12.1 Å². The fraction of sp³-hybridized carbons (Fsp3) is 0.371. The van der Waals surface area contributed by atoms with Crippen LogP contribution in [0.4, 0.5) is 17.6 Å². The summed E-state index contributed by atoms with van der Waals surface area (Å²) in [7, 11) is 1.64. The van der Waals surface area contributed by atoms with Crippen molar-refractivity contribution >= 4 is 33.4 Å². The van der Waals surface area contributed by atoms with Crippen molar-refractivity contribution in [1.29, 1.82) is 0 Å². The summed E-state index contributed by atoms with van der Waals surface area (Å²) < 4.78 is 62.9. The summed E-state index contributed by atoms with van der Waals surface area (Å²) in [6.45, 7) is 2.32. The Bertz CT molecular complexity index is 1560. The lowest BCUT2D eigenvalue weighted by Gasteiger charge is -2.24. The van der Waals surface area contributed by atoms with Crippen LogP contribution in [0.2, 0.25) is 0 Å². The van der Waals surface area contributed by atoms with Crippen molar-refractivity contribution in [2.75, 3.05) is 33.4 Å². The number of hydrogen-bond acceptors (Lipinski definition) is 6. The lowest BCUT2D eigenvalue weighted by Crippen LogP contribution is -2.44. The van der Waals surface area contributed by atoms with E-state index in [1.807, 2.05) is 24.3 Å². The highest BCUT2D eigenvalue weighted by Crippen LogP contribution is 2.34. The van der Waals surface area contributed by atoms with E-state index in [-0.39, 0.29) is 17.8 Å². The van der Waals surface area contributed by atoms with Gasteiger partial charge in [-0.2, -0.15) is 13.2 Å². The lowest BCUT2D eigenvalue weighted by molar-refractivity contribution is -0.192. The smallest absolute Gasteiger partial charge is 0.490 e. The van der Waals surface area contributed by atoms with Crippen LogP contribution in [0.25, 0.3) is 5.57 Å². The van der Waals surface area contributed by atoms with Gasteiger partial charge in [0.25, 0.3) is 0 Å². The van der Waals surface area contributed by atoms with Gasteiger partial charge in [0, 0.05) is 18.2 Å². The number of aliphatic carboxylic acids is 1. The van der Waals surface area contributed by atoms with Crippen molar-refractivity contribution in [3.63, 3.8) is 0 Å². The van der Waals surface area contributed by atoms with Gasteiger partial charge in [-0.25, -0.2) is 9.18 Å². The molecule has 1 fully saturated rings. The van der Waals surface area contributed by atoms with E-state index in [4.69, 9.17) is 24.1 Å². The summed E-state index contributed by atoms with van der Waals surface area (Å²) in [6.07, 6.45) is -0.419. The molecule has 3 N–H and O–H groups in total. The highest BCUT2D eigenvalue weighted by molar-refractivity contribution is 9.10. The second-order valence-corrected chi connectivity index (χ2v) is 12.2. The van der Waals surface area contributed by atoms with Crippen LogP contribution in [-0.4, -0.2) is 62.6 Å². The highest BCUT2D eigenvalue weighted by atomic mass is 79.9. The molecule has 1 atom stereocenters. The van der Waals surface area contributed by atoms with E-state index >= 15 is 0 Å². The monoisotopic (exact) mass is 736 g/mol. The number of halogens is 5. The normalized spacial score (nSPS) is 15.1. The van der Waals surface area contributed by atoms with Crippen LogP contribution >= 0.6 is 15.9 Å². The van der Waals surface area contributed by atoms with Crippen molar-refractivity contribution in [3.8, 4) is 17.2 Å². The SMILES string of the molecule is COc1ccc(OCC(NC(=O)C2=C(c3ccc(CCCOc4cc(F)ccc4Br)cc3)CCNC2)C2CC2)cc1.O=C(O)C(F)(F)F. The first-order chi connectivity index (χ1) is 22.9. The number of carboxylic acid groups (broad SMARTS) is 1. The summed E-state index contributed by atoms with van der Waals surface area (Å²) in [5.74, 6) is -0.588. The molecular weight excluding hydrogens is 700 g/mol. The first-order valence-corrected chi connectivity index (χ1v) is 16.2. The Hall–Kier alpha value is -4.10. The predicted molar refractivity (Wildman–Crippen MR) is 176 cm³/mol. The summed E-state index contributed by atoms with van der Waals surface area (Å²) in [4.78, 5) is 22.4. The second kappa shape index (κ2) is 17.3. The summed E-state index contributed by atoms with van der Waals surface area (Å²) in [5.41, 5.74) is 4.17. The number of amides is 1. The molecule has 0 spiro atoms. The van der Waals surface area contributed by atoms with Crippen molar-refractivity contribution < 1.29 is 46.5 Å². The molecular formula is C35H37BrF4N2O6. The molecule has 2 aliphatic rings. The summed E-state index contributed by atoms with van der Waals surface area (Å²) in [5, 5.41) is 13.8. The van der Waals surface area contributed by atoms with Gasteiger partial charge >= 0.3 is 12.1 Å². The molecule has 13 heteroatoms. The number of hydrogen-bond donors (Lipinski definition) is 3. The van der Waals surface area contributed by atoms with Crippen LogP contribution in [-0.2, 0) is 16.0 Å². The maximum Gasteiger partial charge on any atom is 0.490 e. The Labute approximate surface area is 284 Å². The Morgan fingerprint density at radius 2 is 1.69 bits per heavy atom. The molecule has 0 aromatic heterocycles. The minimum atomic E-state index is -5.08. The quantitative estimate of drug-likeness (QED) is 0.129. The number of benzene rings is 3. The Kier molecular flexibility index (Phi) is 13.3. The lowest BCUT2D eigenvalue weighted by atomic mass is 9.92. The fourth-order valence-corrected chi connectivity index (χ4v) is 5.41. The molecule has 48 heavy (non-hydrogen) atoms. The molecule has 8 nitrogen and oxygen atoms in total. The number of carbonyl (C=O) groups is 2. The topological polar surface area (TPSA) is 106 Å². The van der Waals surface area contributed by atoms with E-state index in [1.165, 1.54) is 17.7 Å². The molecule has 1 aliphatic heterocycles. The molecule has 1 heterocycles. The van der Waals surface area contributed by atoms with Gasteiger partial charge in [0.15, 0.2) is 0 Å². The van der Waals surface area contributed by atoms with Gasteiger partial charge in [0.1, 0.15) is 29.7 Å². The van der Waals surface area contributed by atoms with Gasteiger partial charge < -0.3 is 30.0 Å². The van der Waals surface area contributed by atoms with Crippen molar-refractivity contribution in [2.45, 2.75) is 44.3 Å². The molecule has 3 aromatic rings. The van der Waals surface area contributed by atoms with Crippen molar-refractivity contribution in [2.24, 2.45) is 5.92 Å². The second-order valence-electron chi connectivity index (χ2n) is 11.3. The molecule has 1 aliphatic carbocycles. The molecule has 3 aromatic carbocycles. The molecule has 0 saturated heterocycles. The Morgan fingerprint density at radius 3 is 2.31 bits per heavy atom. The minimum absolute atomic E-state index is 0.0211. The van der Waals surface area contributed by atoms with Crippen LogP contribution in [0.5, 0.6) is 17.2 Å². The molecule has 1 unspecified atom stereocenters. The number of alkyl halides is 3. The van der Waals surface area contributed by atoms with E-state index in [9.17, 15) is 22.4 Å². The minimum Gasteiger partial charge on any atom is -0.497 e. The molecule has 258 valence electrons.